The predicted molar refractivity (Wildman–Crippen MR) is 118 cm³/mol. The molecule has 0 saturated heterocycles. The fourth-order valence-electron chi connectivity index (χ4n) is 5.55. The third-order valence-electron chi connectivity index (χ3n) is 7.02. The molecule has 186 valence electrons. The van der Waals surface area contributed by atoms with E-state index in [1.54, 1.807) is 20.8 Å². The number of hydrogen-bond donors (Lipinski definition) is 5. The van der Waals surface area contributed by atoms with Crippen molar-refractivity contribution in [1.29, 1.82) is 0 Å². The van der Waals surface area contributed by atoms with E-state index < -0.39 is 82.4 Å². The van der Waals surface area contributed by atoms with Crippen LogP contribution in [0.25, 0.3) is 0 Å². The zero-order valence-electron chi connectivity index (χ0n) is 19.8. The highest BCUT2D eigenvalue weighted by atomic mass is 16.5. The maximum absolute atomic E-state index is 13.3. The van der Waals surface area contributed by atoms with Crippen molar-refractivity contribution in [1.82, 2.24) is 0 Å². The molecule has 2 aliphatic carbocycles. The molecule has 1 aromatic rings. The van der Waals surface area contributed by atoms with Crippen molar-refractivity contribution in [2.45, 2.75) is 64.9 Å². The van der Waals surface area contributed by atoms with Crippen LogP contribution in [-0.4, -0.2) is 62.6 Å². The van der Waals surface area contributed by atoms with Gasteiger partial charge in [0.05, 0.1) is 12.2 Å². The van der Waals surface area contributed by atoms with Crippen LogP contribution in [0.5, 0.6) is 17.2 Å². The lowest BCUT2D eigenvalue weighted by Gasteiger charge is -2.52. The van der Waals surface area contributed by atoms with Gasteiger partial charge in [-0.2, -0.15) is 0 Å². The number of allylic oxidation sites excluding steroid dienone is 1. The summed E-state index contributed by atoms with van der Waals surface area (Å²) >= 11 is 0. The number of rotatable bonds is 5. The van der Waals surface area contributed by atoms with Gasteiger partial charge in [0.2, 0.25) is 5.78 Å². The number of ether oxygens (including phenoxy) is 2. The third-order valence-corrected chi connectivity index (χ3v) is 7.02. The predicted octanol–water partition coefficient (Wildman–Crippen LogP) is 2.46. The molecule has 1 aromatic carbocycles. The Morgan fingerprint density at radius 1 is 1.03 bits per heavy atom. The molecule has 0 radical (unpaired) electrons. The highest BCUT2D eigenvalue weighted by Crippen LogP contribution is 2.62. The van der Waals surface area contributed by atoms with Crippen LogP contribution in [0.2, 0.25) is 0 Å². The Hall–Kier alpha value is -3.27. The summed E-state index contributed by atoms with van der Waals surface area (Å²) in [6.45, 7) is 6.36. The van der Waals surface area contributed by atoms with Gasteiger partial charge in [0, 0.05) is 41.7 Å². The number of carbonyl (C=O) groups excluding carboxylic acids is 3. The molecule has 10 nitrogen and oxygen atoms in total. The van der Waals surface area contributed by atoms with Gasteiger partial charge < -0.3 is 35.0 Å². The maximum atomic E-state index is 13.3. The van der Waals surface area contributed by atoms with Crippen LogP contribution in [0.3, 0.4) is 0 Å². The fraction of sp³-hybridized carbons (Fsp3) is 0.542. The van der Waals surface area contributed by atoms with E-state index in [9.17, 15) is 39.9 Å². The summed E-state index contributed by atoms with van der Waals surface area (Å²) in [7, 11) is 0. The van der Waals surface area contributed by atoms with Gasteiger partial charge >= 0.3 is 11.9 Å². The van der Waals surface area contributed by atoms with Gasteiger partial charge in [-0.1, -0.05) is 20.8 Å². The van der Waals surface area contributed by atoms with Crippen molar-refractivity contribution in [2.24, 2.45) is 5.41 Å². The molecule has 0 bridgehead atoms. The molecule has 1 saturated carbocycles. The van der Waals surface area contributed by atoms with Gasteiger partial charge in [-0.15, -0.1) is 0 Å². The van der Waals surface area contributed by atoms with Crippen molar-refractivity contribution in [3.63, 3.8) is 0 Å². The number of fused-ring (bicyclic) bond motifs is 3. The lowest BCUT2D eigenvalue weighted by Crippen LogP contribution is -2.50. The molecular weight excluding hydrogens is 448 g/mol. The normalized spacial score (nSPS) is 24.2. The Kier molecular flexibility index (Phi) is 6.34. The summed E-state index contributed by atoms with van der Waals surface area (Å²) in [6.07, 6.45) is -0.116. The van der Waals surface area contributed by atoms with Crippen LogP contribution < -0.4 is 0 Å². The molecule has 0 heterocycles. The van der Waals surface area contributed by atoms with Crippen LogP contribution >= 0.6 is 0 Å². The first-order valence-electron chi connectivity index (χ1n) is 10.9. The number of benzene rings is 1. The summed E-state index contributed by atoms with van der Waals surface area (Å²) in [6, 6.07) is 0. The second kappa shape index (κ2) is 8.50. The Balaban J connectivity index is 2.27. The van der Waals surface area contributed by atoms with Crippen LogP contribution in [-0.2, 0) is 24.5 Å². The first kappa shape index (κ1) is 25.4. The van der Waals surface area contributed by atoms with Crippen molar-refractivity contribution >= 4 is 17.7 Å². The lowest BCUT2D eigenvalue weighted by atomic mass is 9.53. The Morgan fingerprint density at radius 3 is 2.18 bits per heavy atom. The number of Topliss-reactive ketones (excluding diaryl/α,β-unsaturated/α-hetero) is 1. The largest absolute Gasteiger partial charge is 0.507 e. The van der Waals surface area contributed by atoms with Crippen LogP contribution in [0.15, 0.2) is 11.3 Å². The van der Waals surface area contributed by atoms with E-state index in [2.05, 4.69) is 0 Å². The number of aliphatic hydroxyl groups is 2. The summed E-state index contributed by atoms with van der Waals surface area (Å²) < 4.78 is 10.3. The Bertz CT molecular complexity index is 1100. The number of phenols is 3. The maximum Gasteiger partial charge on any atom is 0.302 e. The second-order valence-corrected chi connectivity index (χ2v) is 9.63. The SMILES string of the molecule is CC(=O)OC[C@H](CO)c1c(O)c(O)c2c(c1O)C(=O)C(O)=C1C(C)(C)[C@@H](OC(C)=O)CC[C@@]12C. The third kappa shape index (κ3) is 3.66. The molecule has 3 rings (SSSR count). The van der Waals surface area contributed by atoms with E-state index in [4.69, 9.17) is 9.47 Å². The summed E-state index contributed by atoms with van der Waals surface area (Å²) in [4.78, 5) is 36.2. The molecule has 0 spiro atoms. The van der Waals surface area contributed by atoms with Crippen molar-refractivity contribution in [3.05, 3.63) is 28.0 Å². The number of ketones is 1. The van der Waals surface area contributed by atoms with E-state index in [1.807, 2.05) is 0 Å². The van der Waals surface area contributed by atoms with Gasteiger partial charge in [-0.05, 0) is 18.4 Å². The smallest absolute Gasteiger partial charge is 0.302 e. The van der Waals surface area contributed by atoms with E-state index in [0.29, 0.717) is 6.42 Å². The highest BCUT2D eigenvalue weighted by Gasteiger charge is 2.57. The number of aromatic hydroxyl groups is 3. The molecule has 0 unspecified atom stereocenters. The van der Waals surface area contributed by atoms with E-state index in [0.717, 1.165) is 6.92 Å². The number of aliphatic hydroxyl groups excluding tert-OH is 2. The summed E-state index contributed by atoms with van der Waals surface area (Å²) in [5.74, 6) is -6.16. The van der Waals surface area contributed by atoms with Crippen LogP contribution in [0, 0.1) is 5.41 Å². The standard InChI is InChI=1S/C24H30O10/c1-10(26)33-9-12(8-25)14-17(28)15-16(20(31)18(14)29)24(5)7-6-13(34-11(2)27)23(3,4)22(24)21(32)19(15)30/h12-13,25,28-29,31-32H,6-9H2,1-5H3/t12-,13-,24+/m0/s1. The summed E-state index contributed by atoms with van der Waals surface area (Å²) in [5.41, 5.74) is -2.85. The molecule has 10 heteroatoms. The zero-order chi connectivity index (χ0) is 25.7. The quantitative estimate of drug-likeness (QED) is 0.240. The summed E-state index contributed by atoms with van der Waals surface area (Å²) in [5, 5.41) is 53.8. The zero-order valence-corrected chi connectivity index (χ0v) is 19.8. The molecular formula is C24H30O10. The van der Waals surface area contributed by atoms with Gasteiger partial charge in [0.25, 0.3) is 0 Å². The molecule has 3 atom stereocenters. The second-order valence-electron chi connectivity index (χ2n) is 9.63. The first-order chi connectivity index (χ1) is 15.7. The Morgan fingerprint density at radius 2 is 1.65 bits per heavy atom. The minimum absolute atomic E-state index is 0.0671. The van der Waals surface area contributed by atoms with Gasteiger partial charge in [0.1, 0.15) is 18.5 Å². The van der Waals surface area contributed by atoms with E-state index in [1.165, 1.54) is 6.92 Å². The molecule has 34 heavy (non-hydrogen) atoms. The minimum Gasteiger partial charge on any atom is -0.507 e. The Labute approximate surface area is 196 Å². The molecule has 0 amide bonds. The van der Waals surface area contributed by atoms with Crippen molar-refractivity contribution in [3.8, 4) is 17.2 Å². The van der Waals surface area contributed by atoms with Gasteiger partial charge in [-0.25, -0.2) is 0 Å². The van der Waals surface area contributed by atoms with Crippen molar-refractivity contribution < 1.29 is 49.4 Å². The van der Waals surface area contributed by atoms with Crippen LogP contribution in [0.1, 0.15) is 74.9 Å². The molecule has 1 fully saturated rings. The van der Waals surface area contributed by atoms with Gasteiger partial charge in [0.15, 0.2) is 17.3 Å². The van der Waals surface area contributed by atoms with Crippen LogP contribution in [0.4, 0.5) is 0 Å². The molecule has 5 N–H and O–H groups in total. The number of esters is 2. The van der Waals surface area contributed by atoms with Crippen molar-refractivity contribution in [2.75, 3.05) is 13.2 Å². The molecule has 0 aliphatic heterocycles. The van der Waals surface area contributed by atoms with E-state index in [-0.39, 0.29) is 23.1 Å². The van der Waals surface area contributed by atoms with E-state index >= 15 is 0 Å². The average molecular weight is 478 g/mol. The fourth-order valence-corrected chi connectivity index (χ4v) is 5.55. The number of hydrogen-bond acceptors (Lipinski definition) is 10. The monoisotopic (exact) mass is 478 g/mol. The topological polar surface area (TPSA) is 171 Å². The highest BCUT2D eigenvalue weighted by molar-refractivity contribution is 6.13. The number of phenolic OH excluding ortho intramolecular Hbond substituents is 3. The number of carbonyl (C=O) groups is 3. The minimum atomic E-state index is -1.20. The lowest BCUT2D eigenvalue weighted by molar-refractivity contribution is -0.153. The van der Waals surface area contributed by atoms with Gasteiger partial charge in [-0.3, -0.25) is 14.4 Å². The molecule has 0 aromatic heterocycles. The first-order valence-corrected chi connectivity index (χ1v) is 10.9. The molecule has 2 aliphatic rings. The average Bonchev–Trinajstić information content (AvgIpc) is 2.73.